The van der Waals surface area contributed by atoms with Gasteiger partial charge in [0.25, 0.3) is 0 Å². The van der Waals surface area contributed by atoms with Crippen LogP contribution in [0.5, 0.6) is 0 Å². The smallest absolute Gasteiger partial charge is 0.0787 e. The molecule has 13 aromatic rings. The van der Waals surface area contributed by atoms with Crippen LogP contribution in [0.25, 0.3) is 132 Å². The first kappa shape index (κ1) is 33.5. The molecule has 0 fully saturated rings. The minimum Gasteiger partial charge on any atom is -0.309 e. The lowest BCUT2D eigenvalue weighted by molar-refractivity contribution is 1.18. The van der Waals surface area contributed by atoms with Crippen LogP contribution >= 0.6 is 0 Å². The molecule has 0 saturated carbocycles. The first-order valence-electron chi connectivity index (χ1n) is 21.4. The zero-order valence-electron chi connectivity index (χ0n) is 33.5. The normalized spacial score (nSPS) is 12.2. The predicted molar refractivity (Wildman–Crippen MR) is 261 cm³/mol. The van der Waals surface area contributed by atoms with Crippen molar-refractivity contribution in [1.29, 1.82) is 0 Å². The van der Waals surface area contributed by atoms with Crippen molar-refractivity contribution < 1.29 is 0 Å². The van der Waals surface area contributed by atoms with E-state index in [1.54, 1.807) is 0 Å². The van der Waals surface area contributed by atoms with Gasteiger partial charge >= 0.3 is 0 Å². The van der Waals surface area contributed by atoms with Crippen molar-refractivity contribution in [1.82, 2.24) is 14.1 Å². The first-order valence-corrected chi connectivity index (χ1v) is 21.4. The Morgan fingerprint density at radius 3 is 1.87 bits per heavy atom. The van der Waals surface area contributed by atoms with Crippen LogP contribution in [-0.2, 0) is 0 Å². The molecule has 0 N–H and O–H groups in total. The molecule has 3 aromatic heterocycles. The predicted octanol–water partition coefficient (Wildman–Crippen LogP) is 15.7. The van der Waals surface area contributed by atoms with Gasteiger partial charge in [-0.1, -0.05) is 140 Å². The third-order valence-corrected chi connectivity index (χ3v) is 13.4. The summed E-state index contributed by atoms with van der Waals surface area (Å²) in [5.41, 5.74) is 16.7. The zero-order valence-corrected chi connectivity index (χ0v) is 33.5. The Balaban J connectivity index is 0.899. The van der Waals surface area contributed by atoms with Crippen molar-refractivity contribution in [3.05, 3.63) is 212 Å². The highest BCUT2D eigenvalue weighted by atomic mass is 15.0. The molecular weight excluding hydrogens is 751 g/mol. The second kappa shape index (κ2) is 12.6. The summed E-state index contributed by atoms with van der Waals surface area (Å²) in [5, 5.41) is 12.5. The second-order valence-corrected chi connectivity index (χ2v) is 16.7. The Hall–Kier alpha value is -8.27. The highest BCUT2D eigenvalue weighted by Gasteiger charge is 2.25. The van der Waals surface area contributed by atoms with Crippen molar-refractivity contribution in [2.24, 2.45) is 0 Å². The fraction of sp³-hybridized carbons (Fsp3) is 0. The lowest BCUT2D eigenvalue weighted by Crippen LogP contribution is -1.96. The van der Waals surface area contributed by atoms with E-state index in [0.29, 0.717) is 0 Å². The standard InChI is InChI=1S/C59H35N3/c1-2-14-43(15-3-1)61-53-23-9-7-20-50(53)57-45-28-26-37(30-39(45)27-29-54(57)61)36-24-25-38-34-55-51(33-42(38)31-36)47-18-6-8-22-52(47)62(55)44-16-10-12-40(32-44)59-58-49-19-5-4-17-46(49)48-21-11-13-41(35-60-59)56(48)58/h1-35H. The van der Waals surface area contributed by atoms with Gasteiger partial charge in [0.1, 0.15) is 0 Å². The Morgan fingerprint density at radius 2 is 0.984 bits per heavy atom. The molecule has 62 heavy (non-hydrogen) atoms. The number of hydrogen-bond acceptors (Lipinski definition) is 1. The van der Waals surface area contributed by atoms with Crippen LogP contribution < -0.4 is 0 Å². The van der Waals surface area contributed by atoms with Crippen molar-refractivity contribution in [2.75, 3.05) is 0 Å². The monoisotopic (exact) mass is 785 g/mol. The Kier molecular flexibility index (Phi) is 6.83. The summed E-state index contributed by atoms with van der Waals surface area (Å²) in [7, 11) is 0. The Bertz CT molecular complexity index is 4040. The fourth-order valence-corrected chi connectivity index (χ4v) is 10.7. The van der Waals surface area contributed by atoms with Gasteiger partial charge in [0.05, 0.1) is 27.8 Å². The van der Waals surface area contributed by atoms with Gasteiger partial charge in [0, 0.05) is 61.0 Å². The van der Waals surface area contributed by atoms with E-state index in [1.807, 2.05) is 6.20 Å². The average molecular weight is 786 g/mol. The van der Waals surface area contributed by atoms with Gasteiger partial charge in [-0.25, -0.2) is 0 Å². The van der Waals surface area contributed by atoms with Crippen molar-refractivity contribution in [3.8, 4) is 56.0 Å². The highest BCUT2D eigenvalue weighted by Crippen LogP contribution is 2.50. The maximum absolute atomic E-state index is 5.15. The van der Waals surface area contributed by atoms with E-state index in [9.17, 15) is 0 Å². The molecule has 0 spiro atoms. The summed E-state index contributed by atoms with van der Waals surface area (Å²) in [6, 6.07) is 75.8. The second-order valence-electron chi connectivity index (χ2n) is 16.7. The molecular formula is C59H35N3. The van der Waals surface area contributed by atoms with Crippen LogP contribution in [0.1, 0.15) is 0 Å². The third kappa shape index (κ3) is 4.68. The topological polar surface area (TPSA) is 22.8 Å². The van der Waals surface area contributed by atoms with Crippen LogP contribution in [0.3, 0.4) is 0 Å². The van der Waals surface area contributed by atoms with Gasteiger partial charge in [-0.2, -0.15) is 0 Å². The number of hydrogen-bond donors (Lipinski definition) is 0. The van der Waals surface area contributed by atoms with Crippen LogP contribution in [-0.4, -0.2) is 14.1 Å². The molecule has 3 heteroatoms. The summed E-state index contributed by atoms with van der Waals surface area (Å²) in [5.74, 6) is 0. The fourth-order valence-electron chi connectivity index (χ4n) is 10.7. The number of para-hydroxylation sites is 3. The number of nitrogens with zero attached hydrogens (tertiary/aromatic N) is 3. The molecule has 1 aliphatic rings. The SMILES string of the molecule is c1ccc(-n2c3ccccc3c3c4ccc(-c5ccc6cc7c(cc6c5)c5ccccc5n7-c5cccc(-c6ncc7cccc8c7c6-c6ccccc6-8)c5)cc4ccc32)cc1. The van der Waals surface area contributed by atoms with E-state index >= 15 is 0 Å². The van der Waals surface area contributed by atoms with Crippen molar-refractivity contribution in [2.45, 2.75) is 0 Å². The number of benzene rings is 10. The van der Waals surface area contributed by atoms with Gasteiger partial charge in [0.15, 0.2) is 0 Å². The third-order valence-electron chi connectivity index (χ3n) is 13.4. The number of fused-ring (bicyclic) bond motifs is 12. The Labute approximate surface area is 357 Å². The molecule has 3 nitrogen and oxygen atoms in total. The first-order chi connectivity index (χ1) is 30.7. The molecule has 286 valence electrons. The van der Waals surface area contributed by atoms with Gasteiger partial charge in [0.2, 0.25) is 0 Å². The van der Waals surface area contributed by atoms with Crippen molar-refractivity contribution in [3.63, 3.8) is 0 Å². The number of pyridine rings is 1. The molecule has 0 saturated heterocycles. The molecule has 0 amide bonds. The molecule has 0 radical (unpaired) electrons. The average Bonchev–Trinajstić information content (AvgIpc) is 3.97. The lowest BCUT2D eigenvalue weighted by atomic mass is 9.96. The lowest BCUT2D eigenvalue weighted by Gasteiger charge is -2.13. The van der Waals surface area contributed by atoms with Gasteiger partial charge < -0.3 is 9.13 Å². The number of rotatable bonds is 4. The summed E-state index contributed by atoms with van der Waals surface area (Å²) < 4.78 is 4.82. The van der Waals surface area contributed by atoms with Crippen LogP contribution in [0.2, 0.25) is 0 Å². The maximum Gasteiger partial charge on any atom is 0.0787 e. The molecule has 0 atom stereocenters. The number of aromatic nitrogens is 3. The highest BCUT2D eigenvalue weighted by molar-refractivity contribution is 6.22. The van der Waals surface area contributed by atoms with E-state index < -0.39 is 0 Å². The van der Waals surface area contributed by atoms with Gasteiger partial charge in [-0.3, -0.25) is 4.98 Å². The zero-order chi connectivity index (χ0) is 40.5. The quantitative estimate of drug-likeness (QED) is 0.174. The van der Waals surface area contributed by atoms with E-state index in [4.69, 9.17) is 4.98 Å². The summed E-state index contributed by atoms with van der Waals surface area (Å²) in [6.07, 6.45) is 2.04. The summed E-state index contributed by atoms with van der Waals surface area (Å²) in [4.78, 5) is 5.15. The van der Waals surface area contributed by atoms with Crippen LogP contribution in [0.4, 0.5) is 0 Å². The molecule has 0 aliphatic heterocycles. The molecule has 0 bridgehead atoms. The molecule has 0 unspecified atom stereocenters. The van der Waals surface area contributed by atoms with E-state index in [2.05, 4.69) is 215 Å². The molecule has 14 rings (SSSR count). The van der Waals surface area contributed by atoms with Gasteiger partial charge in [-0.15, -0.1) is 0 Å². The molecule has 10 aromatic carbocycles. The minimum atomic E-state index is 1.02. The minimum absolute atomic E-state index is 1.02. The van der Waals surface area contributed by atoms with E-state index in [1.165, 1.54) is 115 Å². The largest absolute Gasteiger partial charge is 0.309 e. The van der Waals surface area contributed by atoms with Crippen molar-refractivity contribution >= 4 is 75.9 Å². The summed E-state index contributed by atoms with van der Waals surface area (Å²) >= 11 is 0. The maximum atomic E-state index is 5.15. The van der Waals surface area contributed by atoms with Gasteiger partial charge in [-0.05, 0) is 116 Å². The van der Waals surface area contributed by atoms with Crippen LogP contribution in [0.15, 0.2) is 212 Å². The summed E-state index contributed by atoms with van der Waals surface area (Å²) in [6.45, 7) is 0. The van der Waals surface area contributed by atoms with Crippen LogP contribution in [0, 0.1) is 0 Å². The molecule has 1 aliphatic carbocycles. The van der Waals surface area contributed by atoms with E-state index in [-0.39, 0.29) is 0 Å². The Morgan fingerprint density at radius 1 is 0.306 bits per heavy atom. The van der Waals surface area contributed by atoms with E-state index in [0.717, 1.165) is 16.9 Å². The molecule has 3 heterocycles.